The minimum atomic E-state index is -0.406. The molecule has 2 rings (SSSR count). The van der Waals surface area contributed by atoms with E-state index in [1.165, 1.54) is 4.68 Å². The van der Waals surface area contributed by atoms with Crippen LogP contribution in [0.15, 0.2) is 35.1 Å². The number of benzene rings is 1. The third-order valence-corrected chi connectivity index (χ3v) is 3.25. The van der Waals surface area contributed by atoms with E-state index in [2.05, 4.69) is 37.0 Å². The second-order valence-corrected chi connectivity index (χ2v) is 4.79. The van der Waals surface area contributed by atoms with Gasteiger partial charge in [0.15, 0.2) is 0 Å². The Hall–Kier alpha value is -1.21. The zero-order valence-electron chi connectivity index (χ0n) is 8.51. The Morgan fingerprint density at radius 2 is 2.24 bits per heavy atom. The van der Waals surface area contributed by atoms with Gasteiger partial charge in [-0.2, -0.15) is 5.10 Å². The molecule has 0 saturated carbocycles. The number of nitro benzene ring substituents is 1. The van der Waals surface area contributed by atoms with Crippen molar-refractivity contribution >= 4 is 37.5 Å². The summed E-state index contributed by atoms with van der Waals surface area (Å²) in [4.78, 5) is 10.6. The summed E-state index contributed by atoms with van der Waals surface area (Å²) in [6.07, 6.45) is 3.26. The summed E-state index contributed by atoms with van der Waals surface area (Å²) in [5, 5.41) is 15.6. The second kappa shape index (κ2) is 4.97. The van der Waals surface area contributed by atoms with E-state index in [0.717, 1.165) is 10.0 Å². The number of nitro groups is 1. The minimum Gasteiger partial charge on any atom is -0.258 e. The van der Waals surface area contributed by atoms with Gasteiger partial charge in [-0.3, -0.25) is 10.1 Å². The van der Waals surface area contributed by atoms with Gasteiger partial charge < -0.3 is 0 Å². The van der Waals surface area contributed by atoms with Crippen molar-refractivity contribution < 1.29 is 4.92 Å². The van der Waals surface area contributed by atoms with Crippen molar-refractivity contribution in [3.05, 3.63) is 50.7 Å². The fourth-order valence-electron chi connectivity index (χ4n) is 1.42. The Bertz CT molecular complexity index is 568. The molecule has 0 N–H and O–H groups in total. The molecule has 0 spiro atoms. The van der Waals surface area contributed by atoms with Crippen molar-refractivity contribution in [1.29, 1.82) is 0 Å². The third kappa shape index (κ3) is 2.55. The van der Waals surface area contributed by atoms with Crippen molar-refractivity contribution in [2.24, 2.45) is 0 Å². The predicted octanol–water partition coefficient (Wildman–Crippen LogP) is 3.44. The van der Waals surface area contributed by atoms with Crippen LogP contribution in [0.5, 0.6) is 0 Å². The molecule has 0 aliphatic heterocycles. The van der Waals surface area contributed by atoms with Gasteiger partial charge in [0.2, 0.25) is 0 Å². The van der Waals surface area contributed by atoms with E-state index < -0.39 is 4.92 Å². The van der Waals surface area contributed by atoms with Crippen LogP contribution in [0.4, 0.5) is 5.69 Å². The fourth-order valence-corrected chi connectivity index (χ4v) is 2.06. The van der Waals surface area contributed by atoms with E-state index >= 15 is 0 Å². The first kappa shape index (κ1) is 12.3. The molecule has 0 bridgehead atoms. The summed E-state index contributed by atoms with van der Waals surface area (Å²) in [6, 6.07) is 5.06. The van der Waals surface area contributed by atoms with Gasteiger partial charge in [-0.05, 0) is 27.6 Å². The van der Waals surface area contributed by atoms with E-state index in [1.54, 1.807) is 24.5 Å². The third-order valence-electron chi connectivity index (χ3n) is 2.19. The maximum absolute atomic E-state index is 11.0. The summed E-state index contributed by atoms with van der Waals surface area (Å²) in [7, 11) is 0. The molecule has 2 aromatic rings. The highest BCUT2D eigenvalue weighted by molar-refractivity contribution is 9.10. The first-order valence-electron chi connectivity index (χ1n) is 4.65. The normalized spacial score (nSPS) is 10.5. The molecule has 0 aliphatic rings. The van der Waals surface area contributed by atoms with Crippen LogP contribution in [0.3, 0.4) is 0 Å². The summed E-state index contributed by atoms with van der Waals surface area (Å²) >= 11 is 6.53. The Morgan fingerprint density at radius 1 is 1.47 bits per heavy atom. The lowest BCUT2D eigenvalue weighted by atomic mass is 10.2. The minimum absolute atomic E-state index is 0.0394. The molecule has 0 atom stereocenters. The molecule has 0 saturated heterocycles. The van der Waals surface area contributed by atoms with Crippen molar-refractivity contribution in [2.75, 3.05) is 0 Å². The van der Waals surface area contributed by atoms with E-state index in [0.29, 0.717) is 11.0 Å². The predicted molar refractivity (Wildman–Crippen MR) is 70.5 cm³/mol. The average Bonchev–Trinajstić information content (AvgIpc) is 2.75. The topological polar surface area (TPSA) is 61.0 Å². The van der Waals surface area contributed by atoms with Gasteiger partial charge in [-0.25, -0.2) is 4.68 Å². The monoisotopic (exact) mass is 359 g/mol. The molecule has 88 valence electrons. The lowest BCUT2D eigenvalue weighted by Gasteiger charge is -2.04. The van der Waals surface area contributed by atoms with Crippen LogP contribution in [0.1, 0.15) is 5.56 Å². The summed E-state index contributed by atoms with van der Waals surface area (Å²) in [5.41, 5.74) is 1.34. The lowest BCUT2D eigenvalue weighted by molar-refractivity contribution is -0.384. The first-order chi connectivity index (χ1) is 8.11. The Morgan fingerprint density at radius 3 is 2.76 bits per heavy atom. The largest absolute Gasteiger partial charge is 0.295 e. The SMILES string of the molecule is O=[N+]([O-])c1cc(CBr)ccc1-n1cc(Br)cn1. The maximum atomic E-state index is 11.0. The van der Waals surface area contributed by atoms with Crippen LogP contribution < -0.4 is 0 Å². The standard InChI is InChI=1S/C10H7Br2N3O2/c11-4-7-1-2-9(10(3-7)15(16)17)14-6-8(12)5-13-14/h1-3,5-6H,4H2. The van der Waals surface area contributed by atoms with Gasteiger partial charge in [0.25, 0.3) is 5.69 Å². The van der Waals surface area contributed by atoms with Gasteiger partial charge >= 0.3 is 0 Å². The molecule has 1 heterocycles. The molecular weight excluding hydrogens is 354 g/mol. The Balaban J connectivity index is 2.57. The molecule has 0 fully saturated rings. The molecule has 1 aromatic carbocycles. The molecule has 17 heavy (non-hydrogen) atoms. The zero-order chi connectivity index (χ0) is 12.4. The van der Waals surface area contributed by atoms with Gasteiger partial charge in [-0.15, -0.1) is 0 Å². The number of hydrogen-bond acceptors (Lipinski definition) is 3. The molecule has 5 nitrogen and oxygen atoms in total. The van der Waals surface area contributed by atoms with Crippen LogP contribution >= 0.6 is 31.9 Å². The van der Waals surface area contributed by atoms with Crippen LogP contribution in [0.25, 0.3) is 5.69 Å². The van der Waals surface area contributed by atoms with Crippen molar-refractivity contribution in [2.45, 2.75) is 5.33 Å². The van der Waals surface area contributed by atoms with Gasteiger partial charge in [0.05, 0.1) is 15.6 Å². The Labute approximate surface area is 114 Å². The van der Waals surface area contributed by atoms with Crippen LogP contribution in [0.2, 0.25) is 0 Å². The second-order valence-electron chi connectivity index (χ2n) is 3.32. The number of halogens is 2. The van der Waals surface area contributed by atoms with E-state index in [4.69, 9.17) is 0 Å². The van der Waals surface area contributed by atoms with Crippen LogP contribution in [-0.4, -0.2) is 14.7 Å². The van der Waals surface area contributed by atoms with Gasteiger partial charge in [0.1, 0.15) is 5.69 Å². The number of aromatic nitrogens is 2. The molecule has 0 unspecified atom stereocenters. The van der Waals surface area contributed by atoms with Gasteiger partial charge in [-0.1, -0.05) is 22.0 Å². The van der Waals surface area contributed by atoms with E-state index in [-0.39, 0.29) is 5.69 Å². The van der Waals surface area contributed by atoms with Gasteiger partial charge in [0, 0.05) is 17.6 Å². The molecule has 7 heteroatoms. The van der Waals surface area contributed by atoms with Crippen LogP contribution in [0, 0.1) is 10.1 Å². The Kier molecular flexibility index (Phi) is 3.58. The zero-order valence-corrected chi connectivity index (χ0v) is 11.7. The number of hydrogen-bond donors (Lipinski definition) is 0. The fraction of sp³-hybridized carbons (Fsp3) is 0.100. The quantitative estimate of drug-likeness (QED) is 0.478. The van der Waals surface area contributed by atoms with Crippen molar-refractivity contribution in [1.82, 2.24) is 9.78 Å². The number of rotatable bonds is 3. The summed E-state index contributed by atoms with van der Waals surface area (Å²) in [5.74, 6) is 0. The number of alkyl halides is 1. The van der Waals surface area contributed by atoms with E-state index in [1.807, 2.05) is 6.07 Å². The van der Waals surface area contributed by atoms with Crippen molar-refractivity contribution in [3.63, 3.8) is 0 Å². The highest BCUT2D eigenvalue weighted by atomic mass is 79.9. The van der Waals surface area contributed by atoms with Crippen LogP contribution in [-0.2, 0) is 5.33 Å². The number of nitrogens with zero attached hydrogens (tertiary/aromatic N) is 3. The molecule has 0 radical (unpaired) electrons. The average molecular weight is 361 g/mol. The molecule has 0 amide bonds. The molecule has 1 aromatic heterocycles. The maximum Gasteiger partial charge on any atom is 0.295 e. The molecule has 0 aliphatic carbocycles. The summed E-state index contributed by atoms with van der Waals surface area (Å²) in [6.45, 7) is 0. The van der Waals surface area contributed by atoms with Crippen molar-refractivity contribution in [3.8, 4) is 5.69 Å². The highest BCUT2D eigenvalue weighted by Crippen LogP contribution is 2.25. The first-order valence-corrected chi connectivity index (χ1v) is 6.57. The smallest absolute Gasteiger partial charge is 0.258 e. The van der Waals surface area contributed by atoms with E-state index in [9.17, 15) is 10.1 Å². The summed E-state index contributed by atoms with van der Waals surface area (Å²) < 4.78 is 2.25. The highest BCUT2D eigenvalue weighted by Gasteiger charge is 2.16. The lowest BCUT2D eigenvalue weighted by Crippen LogP contribution is -2.01. The molecular formula is C10H7Br2N3O2.